The van der Waals surface area contributed by atoms with E-state index in [1.54, 1.807) is 0 Å². The number of nitrogens with zero attached hydrogens (tertiary/aromatic N) is 1. The van der Waals surface area contributed by atoms with Gasteiger partial charge in [0.1, 0.15) is 5.82 Å². The van der Waals surface area contributed by atoms with Crippen LogP contribution in [0.5, 0.6) is 0 Å². The van der Waals surface area contributed by atoms with Crippen molar-refractivity contribution in [3.8, 4) is 0 Å². The van der Waals surface area contributed by atoms with E-state index in [1.165, 1.54) is 0 Å². The monoisotopic (exact) mass is 322 g/mol. The maximum atomic E-state index is 13.1. The molecule has 0 atom stereocenters. The van der Waals surface area contributed by atoms with Crippen LogP contribution >= 0.6 is 15.9 Å². The van der Waals surface area contributed by atoms with Crippen molar-refractivity contribution in [2.45, 2.75) is 6.42 Å². The molecule has 3 aromatic rings. The van der Waals surface area contributed by atoms with Gasteiger partial charge in [-0.25, -0.2) is 13.8 Å². The first-order chi connectivity index (χ1) is 9.11. The third kappa shape index (κ3) is 2.51. The molecule has 1 N–H and O–H groups in total. The van der Waals surface area contributed by atoms with Crippen LogP contribution in [0.1, 0.15) is 11.4 Å². The van der Waals surface area contributed by atoms with E-state index in [-0.39, 0.29) is 0 Å². The number of fused-ring (bicyclic) bond motifs is 1. The van der Waals surface area contributed by atoms with Crippen LogP contribution in [0.2, 0.25) is 0 Å². The Balaban J connectivity index is 1.95. The lowest BCUT2D eigenvalue weighted by molar-refractivity contribution is 0.510. The highest BCUT2D eigenvalue weighted by molar-refractivity contribution is 9.10. The Bertz CT molecular complexity index is 696. The number of aromatic nitrogens is 2. The first-order valence-electron chi connectivity index (χ1n) is 5.70. The number of nitrogens with one attached hydrogen (secondary N) is 1. The van der Waals surface area contributed by atoms with Gasteiger partial charge in [-0.15, -0.1) is 0 Å². The Labute approximate surface area is 116 Å². The van der Waals surface area contributed by atoms with E-state index in [9.17, 15) is 8.78 Å². The summed E-state index contributed by atoms with van der Waals surface area (Å²) in [6, 6.07) is 10.1. The number of hydrogen-bond acceptors (Lipinski definition) is 1. The minimum Gasteiger partial charge on any atom is -0.342 e. The van der Waals surface area contributed by atoms with Crippen molar-refractivity contribution in [1.29, 1.82) is 0 Å². The first kappa shape index (κ1) is 12.3. The molecule has 0 radical (unpaired) electrons. The smallest absolute Gasteiger partial charge is 0.161 e. The molecule has 0 saturated heterocycles. The normalized spacial score (nSPS) is 11.1. The molecule has 0 aliphatic rings. The number of aromatic amines is 1. The average Bonchev–Trinajstić information content (AvgIpc) is 2.74. The highest BCUT2D eigenvalue weighted by atomic mass is 79.9. The van der Waals surface area contributed by atoms with Crippen molar-refractivity contribution in [1.82, 2.24) is 9.97 Å². The van der Waals surface area contributed by atoms with Gasteiger partial charge in [-0.2, -0.15) is 0 Å². The van der Waals surface area contributed by atoms with Gasteiger partial charge in [0.25, 0.3) is 0 Å². The molecule has 0 spiro atoms. The highest BCUT2D eigenvalue weighted by Crippen LogP contribution is 2.18. The summed E-state index contributed by atoms with van der Waals surface area (Å²) in [5, 5.41) is 0. The summed E-state index contributed by atoms with van der Waals surface area (Å²) in [7, 11) is 0. The van der Waals surface area contributed by atoms with E-state index in [0.717, 1.165) is 22.2 Å². The number of imidazole rings is 1. The lowest BCUT2D eigenvalue weighted by atomic mass is 10.1. The molecule has 0 bridgehead atoms. The Morgan fingerprint density at radius 2 is 1.74 bits per heavy atom. The minimum atomic E-state index is -0.880. The number of hydrogen-bond donors (Lipinski definition) is 1. The molecule has 96 valence electrons. The molecule has 2 aromatic carbocycles. The van der Waals surface area contributed by atoms with Crippen molar-refractivity contribution < 1.29 is 8.78 Å². The average molecular weight is 323 g/mol. The second-order valence-corrected chi connectivity index (χ2v) is 5.19. The fraction of sp³-hybridized carbons (Fsp3) is 0.0714. The molecular weight excluding hydrogens is 314 g/mol. The van der Waals surface area contributed by atoms with Gasteiger partial charge in [-0.1, -0.05) is 28.1 Å². The van der Waals surface area contributed by atoms with E-state index in [2.05, 4.69) is 25.9 Å². The van der Waals surface area contributed by atoms with Crippen LogP contribution in [0, 0.1) is 11.6 Å². The van der Waals surface area contributed by atoms with Gasteiger partial charge in [0.05, 0.1) is 11.0 Å². The quantitative estimate of drug-likeness (QED) is 0.752. The molecule has 0 fully saturated rings. The van der Waals surface area contributed by atoms with Gasteiger partial charge in [-0.3, -0.25) is 0 Å². The molecule has 0 saturated carbocycles. The predicted octanol–water partition coefficient (Wildman–Crippen LogP) is 4.19. The molecule has 3 rings (SSSR count). The van der Waals surface area contributed by atoms with Crippen molar-refractivity contribution in [3.63, 3.8) is 0 Å². The summed E-state index contributed by atoms with van der Waals surface area (Å²) < 4.78 is 27.2. The summed E-state index contributed by atoms with van der Waals surface area (Å²) in [6.45, 7) is 0. The van der Waals surface area contributed by atoms with Crippen molar-refractivity contribution in [2.75, 3.05) is 0 Å². The summed E-state index contributed by atoms with van der Waals surface area (Å²) >= 11 is 3.37. The molecule has 1 heterocycles. The fourth-order valence-electron chi connectivity index (χ4n) is 1.94. The van der Waals surface area contributed by atoms with Gasteiger partial charge in [0.2, 0.25) is 0 Å². The van der Waals surface area contributed by atoms with E-state index in [4.69, 9.17) is 0 Å². The van der Waals surface area contributed by atoms with Gasteiger partial charge < -0.3 is 4.98 Å². The molecule has 19 heavy (non-hydrogen) atoms. The lowest BCUT2D eigenvalue weighted by Gasteiger charge is -1.97. The molecule has 2 nitrogen and oxygen atoms in total. The third-order valence-electron chi connectivity index (χ3n) is 2.86. The van der Waals surface area contributed by atoms with Crippen LogP contribution in [0.25, 0.3) is 11.0 Å². The van der Waals surface area contributed by atoms with Gasteiger partial charge in [0, 0.05) is 23.0 Å². The Morgan fingerprint density at radius 3 is 2.47 bits per heavy atom. The van der Waals surface area contributed by atoms with Gasteiger partial charge in [0.15, 0.2) is 11.6 Å². The maximum Gasteiger partial charge on any atom is 0.161 e. The van der Waals surface area contributed by atoms with Crippen LogP contribution in [0.15, 0.2) is 40.9 Å². The molecule has 0 aliphatic carbocycles. The van der Waals surface area contributed by atoms with Gasteiger partial charge in [-0.05, 0) is 17.7 Å². The standard InChI is InChI=1S/C14H9BrF2N2/c15-9-3-1-8(2-4-9)5-14-18-12-6-10(16)11(17)7-13(12)19-14/h1-4,6-7H,5H2,(H,18,19). The molecule has 0 unspecified atom stereocenters. The van der Waals surface area contributed by atoms with Gasteiger partial charge >= 0.3 is 0 Å². The Morgan fingerprint density at radius 1 is 1.05 bits per heavy atom. The van der Waals surface area contributed by atoms with Crippen LogP contribution in [0.3, 0.4) is 0 Å². The van der Waals surface area contributed by atoms with E-state index in [1.807, 2.05) is 24.3 Å². The second-order valence-electron chi connectivity index (χ2n) is 4.27. The predicted molar refractivity (Wildman–Crippen MR) is 73.0 cm³/mol. The number of rotatable bonds is 2. The van der Waals surface area contributed by atoms with E-state index in [0.29, 0.717) is 23.3 Å². The Kier molecular flexibility index (Phi) is 3.06. The third-order valence-corrected chi connectivity index (χ3v) is 3.39. The SMILES string of the molecule is Fc1cc2nc(Cc3ccc(Br)cc3)[nH]c2cc1F. The zero-order valence-corrected chi connectivity index (χ0v) is 11.3. The zero-order valence-electron chi connectivity index (χ0n) is 9.75. The number of benzene rings is 2. The summed E-state index contributed by atoms with van der Waals surface area (Å²) in [4.78, 5) is 7.26. The molecule has 5 heteroatoms. The van der Waals surface area contributed by atoms with Crippen molar-refractivity contribution >= 4 is 27.0 Å². The van der Waals surface area contributed by atoms with Crippen LogP contribution in [-0.2, 0) is 6.42 Å². The Hall–Kier alpha value is -1.75. The van der Waals surface area contributed by atoms with E-state index < -0.39 is 11.6 Å². The van der Waals surface area contributed by atoms with Crippen molar-refractivity contribution in [2.24, 2.45) is 0 Å². The zero-order chi connectivity index (χ0) is 13.4. The second kappa shape index (κ2) is 4.74. The molecule has 0 aliphatic heterocycles. The van der Waals surface area contributed by atoms with Crippen LogP contribution in [-0.4, -0.2) is 9.97 Å². The fourth-order valence-corrected chi connectivity index (χ4v) is 2.20. The maximum absolute atomic E-state index is 13.1. The van der Waals surface area contributed by atoms with Crippen LogP contribution in [0.4, 0.5) is 8.78 Å². The van der Waals surface area contributed by atoms with Crippen LogP contribution < -0.4 is 0 Å². The summed E-state index contributed by atoms with van der Waals surface area (Å²) in [5.74, 6) is -1.07. The number of halogens is 3. The molecule has 0 amide bonds. The summed E-state index contributed by atoms with van der Waals surface area (Å²) in [5.41, 5.74) is 2.01. The minimum absolute atomic E-state index is 0.436. The number of H-pyrrole nitrogens is 1. The van der Waals surface area contributed by atoms with Crippen molar-refractivity contribution in [3.05, 3.63) is 63.9 Å². The largest absolute Gasteiger partial charge is 0.342 e. The topological polar surface area (TPSA) is 28.7 Å². The molecular formula is C14H9BrF2N2. The lowest BCUT2D eigenvalue weighted by Crippen LogP contribution is -1.89. The highest BCUT2D eigenvalue weighted by Gasteiger charge is 2.09. The van der Waals surface area contributed by atoms with E-state index >= 15 is 0 Å². The molecule has 1 aromatic heterocycles. The first-order valence-corrected chi connectivity index (χ1v) is 6.49. The summed E-state index contributed by atoms with van der Waals surface area (Å²) in [6.07, 6.45) is 0.588.